The van der Waals surface area contributed by atoms with Gasteiger partial charge in [-0.05, 0) is 6.92 Å². The van der Waals surface area contributed by atoms with Crippen LogP contribution in [0.25, 0.3) is 0 Å². The van der Waals surface area contributed by atoms with Crippen LogP contribution >= 0.6 is 0 Å². The zero-order chi connectivity index (χ0) is 24.2. The number of urea groups is 1. The fraction of sp³-hybridized carbons (Fsp3) is 0.174. The van der Waals surface area contributed by atoms with Crippen molar-refractivity contribution in [2.45, 2.75) is 20.0 Å². The largest absolute Gasteiger partial charge is 0.517 e. The number of amides is 3. The molecular weight excluding hydrogens is 710 g/mol. The molecule has 3 rings (SSSR count). The van der Waals surface area contributed by atoms with Gasteiger partial charge in [0.15, 0.2) is 0 Å². The van der Waals surface area contributed by atoms with E-state index in [-0.39, 0.29) is 76.8 Å². The van der Waals surface area contributed by atoms with Crippen molar-refractivity contribution in [3.05, 3.63) is 77.1 Å². The number of aromatic nitrogens is 1. The van der Waals surface area contributed by atoms with Crippen LogP contribution in [0.1, 0.15) is 27.3 Å². The number of carbonyl (C=O) groups excluding carboxylic acids is 2. The molecule has 3 amide bonds. The van der Waals surface area contributed by atoms with Crippen LogP contribution in [-0.2, 0) is 60.0 Å². The molecule has 35 heavy (non-hydrogen) atoms. The second-order valence-electron chi connectivity index (χ2n) is 6.97. The van der Waals surface area contributed by atoms with Crippen LogP contribution < -0.4 is 20.7 Å². The first kappa shape index (κ1) is 30.7. The summed E-state index contributed by atoms with van der Waals surface area (Å²) < 4.78 is 44.4. The van der Waals surface area contributed by atoms with Crippen LogP contribution in [0.3, 0.4) is 0 Å². The van der Waals surface area contributed by atoms with E-state index in [1.807, 2.05) is 0 Å². The Kier molecular flexibility index (Phi) is 11.5. The Morgan fingerprint density at radius 1 is 1.00 bits per heavy atom. The topological polar surface area (TPSA) is 92.4 Å². The van der Waals surface area contributed by atoms with Crippen molar-refractivity contribution in [1.82, 2.24) is 10.3 Å². The van der Waals surface area contributed by atoms with Gasteiger partial charge >= 0.3 is 12.2 Å². The molecule has 3 aromatic rings. The maximum Gasteiger partial charge on any atom is 0.394 e. The van der Waals surface area contributed by atoms with Crippen molar-refractivity contribution in [1.29, 1.82) is 0 Å². The van der Waals surface area contributed by atoms with Crippen molar-refractivity contribution in [3.8, 4) is 11.5 Å². The third-order valence-electron chi connectivity index (χ3n) is 4.37. The summed E-state index contributed by atoms with van der Waals surface area (Å²) in [5, 5.41) is 7.37. The molecule has 0 saturated heterocycles. The molecule has 0 aliphatic carbocycles. The molecule has 0 unspecified atom stereocenters. The molecule has 1 heterocycles. The van der Waals surface area contributed by atoms with Crippen LogP contribution in [0, 0.1) is 26.0 Å². The number of pyridine rings is 1. The average Bonchev–Trinajstić information content (AvgIpc) is 2.75. The van der Waals surface area contributed by atoms with Gasteiger partial charge < -0.3 is 20.7 Å². The minimum Gasteiger partial charge on any atom is -0.517 e. The van der Waals surface area contributed by atoms with E-state index in [1.165, 1.54) is 25.2 Å². The van der Waals surface area contributed by atoms with E-state index in [0.717, 1.165) is 12.1 Å². The Labute approximate surface area is 239 Å². The summed E-state index contributed by atoms with van der Waals surface area (Å²) in [6, 6.07) is 13.9. The van der Waals surface area contributed by atoms with Crippen LogP contribution in [0.15, 0.2) is 42.5 Å². The monoisotopic (exact) mass is 729 g/mol. The molecule has 0 aliphatic rings. The summed E-state index contributed by atoms with van der Waals surface area (Å²) >= 11 is 0. The zero-order valence-electron chi connectivity index (χ0n) is 18.8. The van der Waals surface area contributed by atoms with Crippen LogP contribution in [0.5, 0.6) is 11.5 Å². The summed E-state index contributed by atoms with van der Waals surface area (Å²) in [7, 11) is 1.50. The van der Waals surface area contributed by atoms with E-state index in [2.05, 4.69) is 33.1 Å². The molecule has 2 aromatic carbocycles. The van der Waals surface area contributed by atoms with Gasteiger partial charge in [-0.1, -0.05) is 23.9 Å². The average molecular weight is 729 g/mol. The number of hydrogen-bond donors (Lipinski definition) is 3. The number of halogens is 3. The summed E-state index contributed by atoms with van der Waals surface area (Å²) in [6.45, 7) is 3.28. The van der Waals surface area contributed by atoms with Crippen LogP contribution in [-0.4, -0.2) is 24.0 Å². The number of alkyl halides is 3. The van der Waals surface area contributed by atoms with Gasteiger partial charge in [0.25, 0.3) is 5.91 Å². The standard InChI is InChI=1S/C23H19F3N4O3.W.Y/c1-13-4-5-15(23(24,25)26)11-19(13)30-22(32)29-16-6-8-17(9-7-16)33-18-10-14(2)28-20(12-18)21(31)27-3;;/h4,6,8-12H,1-3H3,(H,27,31)(H2,29,30,32);;/q-2;;. The molecule has 0 atom stereocenters. The smallest absolute Gasteiger partial charge is 0.394 e. The first-order chi connectivity index (χ1) is 15.5. The van der Waals surface area contributed by atoms with Gasteiger partial charge in [0, 0.05) is 84.4 Å². The SMILES string of the molecule is CNC(=O)c1cc(Oc2c[c-]c(NC(=O)Nc3cc(C(F)(F)F)[c-]cc3C)cc2)cc(C)n1.[W].[Y]. The number of carbonyl (C=O) groups is 2. The molecule has 181 valence electrons. The molecule has 0 saturated carbocycles. The summed E-state index contributed by atoms with van der Waals surface area (Å²) in [5.41, 5.74) is 0.519. The van der Waals surface area contributed by atoms with Crippen molar-refractivity contribution >= 4 is 23.3 Å². The Bertz CT molecular complexity index is 1190. The van der Waals surface area contributed by atoms with Gasteiger partial charge in [0.2, 0.25) is 0 Å². The maximum absolute atomic E-state index is 12.9. The third-order valence-corrected chi connectivity index (χ3v) is 4.37. The number of ether oxygens (including phenoxy) is 1. The van der Waals surface area contributed by atoms with Gasteiger partial charge in [-0.15, -0.1) is 29.8 Å². The minimum absolute atomic E-state index is 0. The fourth-order valence-corrected chi connectivity index (χ4v) is 2.77. The van der Waals surface area contributed by atoms with E-state index in [1.54, 1.807) is 26.0 Å². The predicted octanol–water partition coefficient (Wildman–Crippen LogP) is 5.11. The van der Waals surface area contributed by atoms with E-state index in [0.29, 0.717) is 22.8 Å². The minimum atomic E-state index is -4.57. The van der Waals surface area contributed by atoms with E-state index >= 15 is 0 Å². The molecule has 12 heteroatoms. The number of benzene rings is 2. The van der Waals surface area contributed by atoms with E-state index < -0.39 is 17.8 Å². The van der Waals surface area contributed by atoms with Crippen LogP contribution in [0.4, 0.5) is 29.3 Å². The molecule has 7 nitrogen and oxygen atoms in total. The maximum atomic E-state index is 12.9. The van der Waals surface area contributed by atoms with E-state index in [9.17, 15) is 22.8 Å². The number of rotatable bonds is 5. The molecule has 1 aromatic heterocycles. The quantitative estimate of drug-likeness (QED) is 0.319. The Hall–Kier alpha value is -2.29. The normalized spacial score (nSPS) is 10.3. The third kappa shape index (κ3) is 8.70. The summed E-state index contributed by atoms with van der Waals surface area (Å²) in [6.07, 6.45) is -4.57. The van der Waals surface area contributed by atoms with Crippen molar-refractivity contribution in [2.75, 3.05) is 17.7 Å². The van der Waals surface area contributed by atoms with Crippen molar-refractivity contribution in [3.63, 3.8) is 0 Å². The number of aryl methyl sites for hydroxylation is 2. The predicted molar refractivity (Wildman–Crippen MR) is 115 cm³/mol. The molecule has 0 spiro atoms. The van der Waals surface area contributed by atoms with Gasteiger partial charge in [0.1, 0.15) is 11.4 Å². The first-order valence-electron chi connectivity index (χ1n) is 9.63. The van der Waals surface area contributed by atoms with Gasteiger partial charge in [-0.3, -0.25) is 4.79 Å². The Morgan fingerprint density at radius 3 is 2.31 bits per heavy atom. The van der Waals surface area contributed by atoms with Gasteiger partial charge in [-0.2, -0.15) is 31.4 Å². The summed E-state index contributed by atoms with van der Waals surface area (Å²) in [5.74, 6) is 0.429. The fourth-order valence-electron chi connectivity index (χ4n) is 2.77. The van der Waals surface area contributed by atoms with Gasteiger partial charge in [-0.25, -0.2) is 9.78 Å². The van der Waals surface area contributed by atoms with Crippen molar-refractivity contribution < 1.29 is 81.3 Å². The van der Waals surface area contributed by atoms with E-state index in [4.69, 9.17) is 4.74 Å². The molecule has 1 radical (unpaired) electrons. The number of anilines is 2. The van der Waals surface area contributed by atoms with Gasteiger partial charge in [0.05, 0.1) is 0 Å². The molecule has 3 N–H and O–H groups in total. The summed E-state index contributed by atoms with van der Waals surface area (Å²) in [4.78, 5) is 28.2. The number of nitrogens with one attached hydrogen (secondary N) is 3. The molecule has 0 bridgehead atoms. The molecule has 0 fully saturated rings. The number of hydrogen-bond acceptors (Lipinski definition) is 4. The Morgan fingerprint density at radius 2 is 1.71 bits per heavy atom. The molecular formula is C23H19F3N4O3WY-2. The molecule has 0 aliphatic heterocycles. The second kappa shape index (κ2) is 13.1. The Balaban J connectivity index is 0.00000306. The second-order valence-corrected chi connectivity index (χ2v) is 6.97. The number of nitrogens with zero attached hydrogens (tertiary/aromatic N) is 1. The first-order valence-corrected chi connectivity index (χ1v) is 9.63. The zero-order valence-corrected chi connectivity index (χ0v) is 24.6. The van der Waals surface area contributed by atoms with Crippen LogP contribution in [0.2, 0.25) is 0 Å². The van der Waals surface area contributed by atoms with Crippen molar-refractivity contribution in [2.24, 2.45) is 0 Å².